The van der Waals surface area contributed by atoms with Gasteiger partial charge in [-0.05, 0) is 25.5 Å². The van der Waals surface area contributed by atoms with E-state index in [9.17, 15) is 4.79 Å². The van der Waals surface area contributed by atoms with E-state index in [4.69, 9.17) is 5.73 Å². The van der Waals surface area contributed by atoms with Crippen molar-refractivity contribution in [1.82, 2.24) is 10.3 Å². The Morgan fingerprint density at radius 1 is 1.62 bits per heavy atom. The molecule has 0 fully saturated rings. The van der Waals surface area contributed by atoms with Gasteiger partial charge in [0.1, 0.15) is 0 Å². The Morgan fingerprint density at radius 3 is 2.88 bits per heavy atom. The molecule has 0 spiro atoms. The lowest BCUT2D eigenvalue weighted by Gasteiger charge is -2.11. The Morgan fingerprint density at radius 2 is 2.31 bits per heavy atom. The number of hydrogen-bond donors (Lipinski definition) is 2. The highest BCUT2D eigenvalue weighted by molar-refractivity contribution is 5.94. The summed E-state index contributed by atoms with van der Waals surface area (Å²) in [5.41, 5.74) is 6.80. The van der Waals surface area contributed by atoms with Gasteiger partial charge in [-0.1, -0.05) is 6.92 Å². The number of pyridine rings is 1. The highest BCUT2D eigenvalue weighted by Gasteiger charge is 2.08. The Bertz CT molecular complexity index is 344. The van der Waals surface area contributed by atoms with Crippen molar-refractivity contribution in [3.05, 3.63) is 29.6 Å². The molecule has 0 bridgehead atoms. The minimum Gasteiger partial charge on any atom is -0.350 e. The molecule has 90 valence electrons. The van der Waals surface area contributed by atoms with E-state index in [1.54, 1.807) is 18.3 Å². The van der Waals surface area contributed by atoms with Crippen LogP contribution < -0.4 is 11.1 Å². The van der Waals surface area contributed by atoms with Gasteiger partial charge in [-0.2, -0.15) is 0 Å². The van der Waals surface area contributed by atoms with E-state index < -0.39 is 0 Å². The van der Waals surface area contributed by atoms with Crippen molar-refractivity contribution in [1.29, 1.82) is 0 Å². The molecule has 0 aromatic carbocycles. The molecule has 0 aliphatic carbocycles. The van der Waals surface area contributed by atoms with Gasteiger partial charge in [0.05, 0.1) is 5.69 Å². The molecule has 1 aromatic rings. The second-order valence-electron chi connectivity index (χ2n) is 3.52. The summed E-state index contributed by atoms with van der Waals surface area (Å²) >= 11 is 0. The lowest BCUT2D eigenvalue weighted by Crippen LogP contribution is -2.32. The third-order valence-electron chi connectivity index (χ3n) is 2.28. The summed E-state index contributed by atoms with van der Waals surface area (Å²) in [6.45, 7) is 4.36. The fourth-order valence-corrected chi connectivity index (χ4v) is 1.14. The minimum absolute atomic E-state index is 0. The van der Waals surface area contributed by atoms with Gasteiger partial charge in [-0.3, -0.25) is 9.78 Å². The molecule has 4 nitrogen and oxygen atoms in total. The van der Waals surface area contributed by atoms with Crippen LogP contribution in [0.15, 0.2) is 18.3 Å². The molecule has 0 aliphatic rings. The molecular weight excluding hydrogens is 226 g/mol. The van der Waals surface area contributed by atoms with E-state index in [-0.39, 0.29) is 24.4 Å². The van der Waals surface area contributed by atoms with Crippen LogP contribution in [0.25, 0.3) is 0 Å². The van der Waals surface area contributed by atoms with Crippen molar-refractivity contribution in [2.75, 3.05) is 0 Å². The topological polar surface area (TPSA) is 68.0 Å². The number of halogens is 1. The fraction of sp³-hybridized carbons (Fsp3) is 0.455. The summed E-state index contributed by atoms with van der Waals surface area (Å²) in [5.74, 6) is -0.0681. The van der Waals surface area contributed by atoms with E-state index in [0.717, 1.165) is 12.1 Å². The molecule has 3 N–H and O–H groups in total. The van der Waals surface area contributed by atoms with E-state index in [1.807, 2.05) is 13.8 Å². The summed E-state index contributed by atoms with van der Waals surface area (Å²) in [7, 11) is 0. The van der Waals surface area contributed by atoms with Crippen LogP contribution in [0.4, 0.5) is 0 Å². The molecule has 0 saturated heterocycles. The molecule has 1 unspecified atom stereocenters. The molecule has 5 heteroatoms. The predicted molar refractivity (Wildman–Crippen MR) is 66.6 cm³/mol. The van der Waals surface area contributed by atoms with Crippen LogP contribution >= 0.6 is 12.4 Å². The highest BCUT2D eigenvalue weighted by Crippen LogP contribution is 2.02. The van der Waals surface area contributed by atoms with Crippen molar-refractivity contribution in [3.8, 4) is 0 Å². The summed E-state index contributed by atoms with van der Waals surface area (Å²) < 4.78 is 0. The Balaban J connectivity index is 0.00000225. The number of carbonyl (C=O) groups excluding carboxylic acids is 1. The third-order valence-corrected chi connectivity index (χ3v) is 2.28. The largest absolute Gasteiger partial charge is 0.350 e. The monoisotopic (exact) mass is 243 g/mol. The maximum atomic E-state index is 11.7. The molecule has 0 aliphatic heterocycles. The van der Waals surface area contributed by atoms with Crippen LogP contribution in [0, 0.1) is 0 Å². The van der Waals surface area contributed by atoms with Crippen LogP contribution in [-0.4, -0.2) is 16.9 Å². The third kappa shape index (κ3) is 4.16. The average molecular weight is 244 g/mol. The second kappa shape index (κ2) is 7.19. The fourth-order valence-electron chi connectivity index (χ4n) is 1.14. The van der Waals surface area contributed by atoms with Gasteiger partial charge in [0.2, 0.25) is 0 Å². The maximum Gasteiger partial charge on any atom is 0.251 e. The highest BCUT2D eigenvalue weighted by atomic mass is 35.5. The molecule has 16 heavy (non-hydrogen) atoms. The second-order valence-corrected chi connectivity index (χ2v) is 3.52. The Kier molecular flexibility index (Phi) is 6.69. The zero-order valence-electron chi connectivity index (χ0n) is 9.56. The summed E-state index contributed by atoms with van der Waals surface area (Å²) in [4.78, 5) is 15.7. The maximum absolute atomic E-state index is 11.7. The van der Waals surface area contributed by atoms with Crippen LogP contribution in [-0.2, 0) is 6.54 Å². The van der Waals surface area contributed by atoms with Gasteiger partial charge >= 0.3 is 0 Å². The van der Waals surface area contributed by atoms with E-state index >= 15 is 0 Å². The van der Waals surface area contributed by atoms with Gasteiger partial charge in [-0.25, -0.2) is 0 Å². The molecule has 1 amide bonds. The number of hydrogen-bond acceptors (Lipinski definition) is 3. The van der Waals surface area contributed by atoms with Crippen molar-refractivity contribution in [3.63, 3.8) is 0 Å². The number of nitrogens with zero attached hydrogens (tertiary/aromatic N) is 1. The molecule has 1 heterocycles. The SMILES string of the molecule is CCC(C)NC(=O)c1ccnc(CN)c1.Cl. The normalized spacial score (nSPS) is 11.4. The van der Waals surface area contributed by atoms with Gasteiger partial charge in [-0.15, -0.1) is 12.4 Å². The summed E-state index contributed by atoms with van der Waals surface area (Å²) in [5, 5.41) is 2.89. The lowest BCUT2D eigenvalue weighted by molar-refractivity contribution is 0.0939. The van der Waals surface area contributed by atoms with Crippen LogP contribution in [0.2, 0.25) is 0 Å². The van der Waals surface area contributed by atoms with E-state index in [1.165, 1.54) is 0 Å². The molecular formula is C11H18ClN3O. The lowest BCUT2D eigenvalue weighted by atomic mass is 10.2. The number of carbonyl (C=O) groups is 1. The molecule has 1 aromatic heterocycles. The van der Waals surface area contributed by atoms with E-state index in [0.29, 0.717) is 12.1 Å². The summed E-state index contributed by atoms with van der Waals surface area (Å²) in [6, 6.07) is 3.60. The number of nitrogens with one attached hydrogen (secondary N) is 1. The van der Waals surface area contributed by atoms with Crippen LogP contribution in [0.5, 0.6) is 0 Å². The van der Waals surface area contributed by atoms with Crippen molar-refractivity contribution in [2.45, 2.75) is 32.9 Å². The number of aromatic nitrogens is 1. The van der Waals surface area contributed by atoms with Crippen LogP contribution in [0.3, 0.4) is 0 Å². The quantitative estimate of drug-likeness (QED) is 0.842. The smallest absolute Gasteiger partial charge is 0.251 e. The molecule has 1 rings (SSSR count). The number of nitrogens with two attached hydrogens (primary N) is 1. The number of rotatable bonds is 4. The molecule has 0 saturated carbocycles. The average Bonchev–Trinajstić information content (AvgIpc) is 2.28. The Labute approximate surface area is 102 Å². The van der Waals surface area contributed by atoms with Gasteiger partial charge in [0, 0.05) is 24.3 Å². The van der Waals surface area contributed by atoms with Gasteiger partial charge in [0.15, 0.2) is 0 Å². The predicted octanol–water partition coefficient (Wildman–Crippen LogP) is 1.49. The standard InChI is InChI=1S/C11H17N3O.ClH/c1-3-8(2)14-11(15)9-4-5-13-10(6-9)7-12;/h4-6,8H,3,7,12H2,1-2H3,(H,14,15);1H. The first kappa shape index (κ1) is 14.9. The Hall–Kier alpha value is -1.13. The number of amides is 1. The van der Waals surface area contributed by atoms with Gasteiger partial charge < -0.3 is 11.1 Å². The van der Waals surface area contributed by atoms with Crippen molar-refractivity contribution >= 4 is 18.3 Å². The van der Waals surface area contributed by atoms with Crippen molar-refractivity contribution in [2.24, 2.45) is 5.73 Å². The zero-order chi connectivity index (χ0) is 11.3. The van der Waals surface area contributed by atoms with E-state index in [2.05, 4.69) is 10.3 Å². The molecule has 1 atom stereocenters. The van der Waals surface area contributed by atoms with Crippen molar-refractivity contribution < 1.29 is 4.79 Å². The van der Waals surface area contributed by atoms with Crippen LogP contribution in [0.1, 0.15) is 36.3 Å². The first-order valence-electron chi connectivity index (χ1n) is 5.13. The first-order valence-corrected chi connectivity index (χ1v) is 5.13. The minimum atomic E-state index is -0.0681. The zero-order valence-corrected chi connectivity index (χ0v) is 10.4. The first-order chi connectivity index (χ1) is 7.17. The molecule has 0 radical (unpaired) electrons. The summed E-state index contributed by atoms with van der Waals surface area (Å²) in [6.07, 6.45) is 2.52. The van der Waals surface area contributed by atoms with Gasteiger partial charge in [0.25, 0.3) is 5.91 Å².